The summed E-state index contributed by atoms with van der Waals surface area (Å²) in [7, 11) is 0. The molecule has 0 radical (unpaired) electrons. The van der Waals surface area contributed by atoms with Crippen molar-refractivity contribution in [3.63, 3.8) is 0 Å². The highest BCUT2D eigenvalue weighted by Gasteiger charge is 1.95. The number of nitrogens with zero attached hydrogens (tertiary/aromatic N) is 4. The van der Waals surface area contributed by atoms with Gasteiger partial charge in [-0.25, -0.2) is 0 Å². The Morgan fingerprint density at radius 1 is 1.40 bits per heavy atom. The third kappa shape index (κ3) is 0.586. The van der Waals surface area contributed by atoms with Crippen LogP contribution in [0.5, 0.6) is 0 Å². The Morgan fingerprint density at radius 2 is 2.30 bits per heavy atom. The summed E-state index contributed by atoms with van der Waals surface area (Å²) in [5.41, 5.74) is 1.84. The van der Waals surface area contributed by atoms with Gasteiger partial charge in [0.15, 0.2) is 5.65 Å². The van der Waals surface area contributed by atoms with Gasteiger partial charge in [0.25, 0.3) is 0 Å². The Hall–Kier alpha value is -1.45. The summed E-state index contributed by atoms with van der Waals surface area (Å²) in [6.45, 7) is 1.96. The van der Waals surface area contributed by atoms with Crippen LogP contribution in [0.25, 0.3) is 5.65 Å². The fraction of sp³-hybridized carbons (Fsp3) is 0.167. The lowest BCUT2D eigenvalue weighted by Gasteiger charge is -1.91. The molecular weight excluding hydrogens is 128 g/mol. The predicted molar refractivity (Wildman–Crippen MR) is 35.5 cm³/mol. The number of rotatable bonds is 0. The van der Waals surface area contributed by atoms with Gasteiger partial charge in [0, 0.05) is 5.69 Å². The van der Waals surface area contributed by atoms with Gasteiger partial charge < -0.3 is 0 Å². The molecule has 0 aliphatic heterocycles. The van der Waals surface area contributed by atoms with Gasteiger partial charge in [-0.2, -0.15) is 4.52 Å². The summed E-state index contributed by atoms with van der Waals surface area (Å²) in [5, 5.41) is 11.1. The van der Waals surface area contributed by atoms with E-state index in [1.165, 1.54) is 0 Å². The van der Waals surface area contributed by atoms with E-state index in [1.807, 2.05) is 25.1 Å². The normalized spacial score (nSPS) is 10.5. The van der Waals surface area contributed by atoms with Gasteiger partial charge in [0.05, 0.1) is 0 Å². The molecule has 0 N–H and O–H groups in total. The first-order valence-electron chi connectivity index (χ1n) is 3.01. The number of hydrogen-bond acceptors (Lipinski definition) is 3. The van der Waals surface area contributed by atoms with Crippen molar-refractivity contribution in [2.24, 2.45) is 0 Å². The summed E-state index contributed by atoms with van der Waals surface area (Å²) in [5.74, 6) is 0. The van der Waals surface area contributed by atoms with Gasteiger partial charge in [-0.1, -0.05) is 6.07 Å². The smallest absolute Gasteiger partial charge is 0.179 e. The quantitative estimate of drug-likeness (QED) is 0.524. The van der Waals surface area contributed by atoms with Crippen molar-refractivity contribution in [2.45, 2.75) is 6.92 Å². The molecule has 0 saturated heterocycles. The van der Waals surface area contributed by atoms with Crippen LogP contribution >= 0.6 is 0 Å². The number of aryl methyl sites for hydroxylation is 1. The molecule has 0 bridgehead atoms. The molecule has 4 heteroatoms. The van der Waals surface area contributed by atoms with E-state index >= 15 is 0 Å². The molecule has 2 aromatic rings. The van der Waals surface area contributed by atoms with Gasteiger partial charge in [0.1, 0.15) is 0 Å². The highest BCUT2D eigenvalue weighted by molar-refractivity contribution is 5.35. The Bertz CT molecular complexity index is 351. The number of hydrogen-bond donors (Lipinski definition) is 0. The van der Waals surface area contributed by atoms with Crippen molar-refractivity contribution in [1.29, 1.82) is 0 Å². The highest BCUT2D eigenvalue weighted by atomic mass is 15.5. The van der Waals surface area contributed by atoms with Crippen LogP contribution in [0.4, 0.5) is 0 Å². The van der Waals surface area contributed by atoms with E-state index in [0.717, 1.165) is 11.3 Å². The molecule has 10 heavy (non-hydrogen) atoms. The molecule has 2 heterocycles. The van der Waals surface area contributed by atoms with Gasteiger partial charge in [-0.15, -0.1) is 5.10 Å². The fourth-order valence-corrected chi connectivity index (χ4v) is 0.893. The Kier molecular flexibility index (Phi) is 0.943. The Balaban J connectivity index is 2.95. The van der Waals surface area contributed by atoms with Gasteiger partial charge in [-0.3, -0.25) is 0 Å². The van der Waals surface area contributed by atoms with E-state index in [-0.39, 0.29) is 0 Å². The maximum Gasteiger partial charge on any atom is 0.179 e. The SMILES string of the molecule is Cc1cccc2nnnn12. The summed E-state index contributed by atoms with van der Waals surface area (Å²) < 4.78 is 1.69. The largest absolute Gasteiger partial charge is 0.198 e. The molecular formula is C6H6N4. The molecule has 0 saturated carbocycles. The molecule has 2 rings (SSSR count). The van der Waals surface area contributed by atoms with Crippen LogP contribution in [0, 0.1) is 6.92 Å². The summed E-state index contributed by atoms with van der Waals surface area (Å²) in [6.07, 6.45) is 0. The standard InChI is InChI=1S/C6H6N4/c1-5-3-2-4-6-7-8-9-10(5)6/h2-4H,1H3. The predicted octanol–water partition coefficient (Wildman–Crippen LogP) is 0.433. The zero-order valence-corrected chi connectivity index (χ0v) is 5.52. The second-order valence-corrected chi connectivity index (χ2v) is 2.12. The number of fused-ring (bicyclic) bond motifs is 1. The van der Waals surface area contributed by atoms with Crippen molar-refractivity contribution >= 4 is 5.65 Å². The zero-order chi connectivity index (χ0) is 6.97. The van der Waals surface area contributed by atoms with Crippen LogP contribution in [0.15, 0.2) is 18.2 Å². The number of pyridine rings is 1. The molecule has 0 aliphatic carbocycles. The molecule has 0 atom stereocenters. The van der Waals surface area contributed by atoms with Crippen LogP contribution in [0.3, 0.4) is 0 Å². The minimum Gasteiger partial charge on any atom is -0.198 e. The van der Waals surface area contributed by atoms with Crippen molar-refractivity contribution in [1.82, 2.24) is 20.0 Å². The average Bonchev–Trinajstić information content (AvgIpc) is 2.36. The molecule has 0 fully saturated rings. The first-order chi connectivity index (χ1) is 4.88. The maximum atomic E-state index is 3.78. The third-order valence-electron chi connectivity index (χ3n) is 1.41. The molecule has 0 aliphatic rings. The average molecular weight is 134 g/mol. The van der Waals surface area contributed by atoms with Gasteiger partial charge in [0.2, 0.25) is 0 Å². The molecule has 0 spiro atoms. The van der Waals surface area contributed by atoms with Crippen LogP contribution < -0.4 is 0 Å². The van der Waals surface area contributed by atoms with E-state index in [0.29, 0.717) is 0 Å². The first kappa shape index (κ1) is 5.34. The molecule has 50 valence electrons. The second-order valence-electron chi connectivity index (χ2n) is 2.12. The Morgan fingerprint density at radius 3 is 3.10 bits per heavy atom. The van der Waals surface area contributed by atoms with Crippen LogP contribution in [-0.2, 0) is 0 Å². The van der Waals surface area contributed by atoms with E-state index in [2.05, 4.69) is 15.5 Å². The Labute approximate surface area is 57.5 Å². The molecule has 2 aromatic heterocycles. The monoisotopic (exact) mass is 134 g/mol. The van der Waals surface area contributed by atoms with Gasteiger partial charge >= 0.3 is 0 Å². The minimum absolute atomic E-state index is 0.792. The third-order valence-corrected chi connectivity index (χ3v) is 1.41. The lowest BCUT2D eigenvalue weighted by Crippen LogP contribution is -1.91. The summed E-state index contributed by atoms with van der Waals surface area (Å²) in [4.78, 5) is 0. The lowest BCUT2D eigenvalue weighted by atomic mass is 10.4. The summed E-state index contributed by atoms with van der Waals surface area (Å²) >= 11 is 0. The minimum atomic E-state index is 0.792. The highest BCUT2D eigenvalue weighted by Crippen LogP contribution is 1.99. The maximum absolute atomic E-state index is 3.78. The molecule has 0 amide bonds. The summed E-state index contributed by atoms with van der Waals surface area (Å²) in [6, 6.07) is 5.76. The van der Waals surface area contributed by atoms with Crippen molar-refractivity contribution in [2.75, 3.05) is 0 Å². The van der Waals surface area contributed by atoms with E-state index in [9.17, 15) is 0 Å². The van der Waals surface area contributed by atoms with Crippen LogP contribution in [0.1, 0.15) is 5.69 Å². The molecule has 4 nitrogen and oxygen atoms in total. The molecule has 0 aromatic carbocycles. The van der Waals surface area contributed by atoms with Crippen LogP contribution in [-0.4, -0.2) is 20.0 Å². The van der Waals surface area contributed by atoms with Gasteiger partial charge in [-0.05, 0) is 29.5 Å². The molecule has 0 unspecified atom stereocenters. The van der Waals surface area contributed by atoms with Crippen molar-refractivity contribution < 1.29 is 0 Å². The number of aromatic nitrogens is 4. The zero-order valence-electron chi connectivity index (χ0n) is 5.52. The fourth-order valence-electron chi connectivity index (χ4n) is 0.893. The second kappa shape index (κ2) is 1.76. The van der Waals surface area contributed by atoms with Crippen LogP contribution in [0.2, 0.25) is 0 Å². The van der Waals surface area contributed by atoms with Crippen molar-refractivity contribution in [3.05, 3.63) is 23.9 Å². The number of tetrazole rings is 1. The van der Waals surface area contributed by atoms with E-state index in [1.54, 1.807) is 4.52 Å². The van der Waals surface area contributed by atoms with Crippen molar-refractivity contribution in [3.8, 4) is 0 Å². The first-order valence-corrected chi connectivity index (χ1v) is 3.01. The van der Waals surface area contributed by atoms with E-state index in [4.69, 9.17) is 0 Å². The van der Waals surface area contributed by atoms with E-state index < -0.39 is 0 Å². The lowest BCUT2D eigenvalue weighted by molar-refractivity contribution is 0.803. The topological polar surface area (TPSA) is 43.1 Å².